The minimum atomic E-state index is -1.23. The van der Waals surface area contributed by atoms with Crippen LogP contribution in [0.25, 0.3) is 11.4 Å². The smallest absolute Gasteiger partial charge is 0.147 e. The molecule has 1 aliphatic heterocycles. The van der Waals surface area contributed by atoms with Gasteiger partial charge in [-0.25, -0.2) is 4.39 Å². The molecule has 0 radical (unpaired) electrons. The van der Waals surface area contributed by atoms with Gasteiger partial charge in [-0.15, -0.1) is 0 Å². The number of aryl methyl sites for hydroxylation is 1. The Labute approximate surface area is 247 Å². The van der Waals surface area contributed by atoms with Gasteiger partial charge >= 0.3 is 0 Å². The Morgan fingerprint density at radius 2 is 1.54 bits per heavy atom. The molecule has 4 rings (SSSR count). The predicted octanol–water partition coefficient (Wildman–Crippen LogP) is 9.96. The van der Waals surface area contributed by atoms with Crippen molar-refractivity contribution in [3.05, 3.63) is 131 Å². The summed E-state index contributed by atoms with van der Waals surface area (Å²) >= 11 is 0. The highest BCUT2D eigenvalue weighted by Crippen LogP contribution is 2.40. The Balaban J connectivity index is 1.73. The van der Waals surface area contributed by atoms with Gasteiger partial charge < -0.3 is 9.80 Å². The Morgan fingerprint density at radius 1 is 0.902 bits per heavy atom. The normalized spacial score (nSPS) is 16.5. The zero-order valence-electron chi connectivity index (χ0n) is 25.9. The van der Waals surface area contributed by atoms with Crippen LogP contribution in [0.1, 0.15) is 88.4 Å². The van der Waals surface area contributed by atoms with E-state index in [0.717, 1.165) is 47.5 Å². The van der Waals surface area contributed by atoms with Crippen LogP contribution in [-0.4, -0.2) is 28.4 Å². The summed E-state index contributed by atoms with van der Waals surface area (Å²) in [5.41, 5.74) is 7.34. The Bertz CT molecular complexity index is 1390. The van der Waals surface area contributed by atoms with Crippen LogP contribution in [0.15, 0.2) is 104 Å². The second-order valence-electron chi connectivity index (χ2n) is 12.6. The number of fused-ring (bicyclic) bond motifs is 1. The van der Waals surface area contributed by atoms with Crippen molar-refractivity contribution in [1.82, 2.24) is 9.80 Å². The molecule has 3 heteroatoms. The minimum Gasteiger partial charge on any atom is -0.363 e. The molecule has 216 valence electrons. The fourth-order valence-corrected chi connectivity index (χ4v) is 6.08. The molecule has 0 N–H and O–H groups in total. The summed E-state index contributed by atoms with van der Waals surface area (Å²) in [6, 6.07) is 26.9. The van der Waals surface area contributed by atoms with Gasteiger partial charge in [0, 0.05) is 41.1 Å². The molecule has 2 nitrogen and oxygen atoms in total. The summed E-state index contributed by atoms with van der Waals surface area (Å²) in [5.74, 6) is 0. The quantitative estimate of drug-likeness (QED) is 0.258. The Hall–Kier alpha value is -3.59. The highest BCUT2D eigenvalue weighted by Gasteiger charge is 2.32. The van der Waals surface area contributed by atoms with Crippen LogP contribution in [0.3, 0.4) is 0 Å². The lowest BCUT2D eigenvalue weighted by atomic mass is 9.88. The predicted molar refractivity (Wildman–Crippen MR) is 174 cm³/mol. The molecule has 41 heavy (non-hydrogen) atoms. The molecule has 0 saturated heterocycles. The van der Waals surface area contributed by atoms with Crippen molar-refractivity contribution < 1.29 is 4.39 Å². The van der Waals surface area contributed by atoms with Crippen molar-refractivity contribution in [2.75, 3.05) is 13.1 Å². The summed E-state index contributed by atoms with van der Waals surface area (Å²) in [6.07, 6.45) is 3.26. The third kappa shape index (κ3) is 6.50. The lowest BCUT2D eigenvalue weighted by Gasteiger charge is -2.42. The van der Waals surface area contributed by atoms with Crippen LogP contribution in [0.4, 0.5) is 4.39 Å². The van der Waals surface area contributed by atoms with E-state index in [2.05, 4.69) is 119 Å². The molecule has 0 saturated carbocycles. The van der Waals surface area contributed by atoms with E-state index in [0.29, 0.717) is 18.5 Å². The van der Waals surface area contributed by atoms with Crippen LogP contribution >= 0.6 is 0 Å². The molecule has 3 aromatic carbocycles. The highest BCUT2D eigenvalue weighted by atomic mass is 19.1. The molecule has 3 aromatic rings. The van der Waals surface area contributed by atoms with E-state index in [1.807, 2.05) is 30.3 Å². The van der Waals surface area contributed by atoms with E-state index in [4.69, 9.17) is 0 Å². The second-order valence-corrected chi connectivity index (χ2v) is 12.6. The Morgan fingerprint density at radius 3 is 2.22 bits per heavy atom. The van der Waals surface area contributed by atoms with Crippen LogP contribution in [0.2, 0.25) is 0 Å². The first-order valence-corrected chi connectivity index (χ1v) is 15.0. The maximum atomic E-state index is 16.9. The number of allylic oxidation sites excluding steroid dienone is 1. The molecule has 1 atom stereocenters. The number of nitrogens with zero attached hydrogens (tertiary/aromatic N) is 2. The van der Waals surface area contributed by atoms with Crippen molar-refractivity contribution in [3.63, 3.8) is 0 Å². The fraction of sp³-hybridized carbons (Fsp3) is 0.368. The number of halogens is 1. The number of rotatable bonds is 8. The zero-order valence-corrected chi connectivity index (χ0v) is 25.9. The average molecular weight is 551 g/mol. The molecule has 0 aliphatic carbocycles. The SMILES string of the molecule is C=C1c2ccccc2CC/C(C(F)c2ccccc2C(=C)N(CCC)C(C)(C)c2ccccc2)=C\CN1C(C)(C)C. The molecule has 0 spiro atoms. The van der Waals surface area contributed by atoms with Crippen molar-refractivity contribution in [2.45, 2.75) is 78.1 Å². The molecule has 0 amide bonds. The van der Waals surface area contributed by atoms with Crippen LogP contribution < -0.4 is 0 Å². The number of hydrogen-bond donors (Lipinski definition) is 0. The van der Waals surface area contributed by atoms with Gasteiger partial charge in [-0.05, 0) is 76.1 Å². The number of benzene rings is 3. The lowest BCUT2D eigenvalue weighted by molar-refractivity contribution is 0.201. The molecule has 1 aliphatic rings. The van der Waals surface area contributed by atoms with E-state index in [-0.39, 0.29) is 11.1 Å². The lowest BCUT2D eigenvalue weighted by Crippen LogP contribution is -2.40. The van der Waals surface area contributed by atoms with E-state index in [9.17, 15) is 0 Å². The van der Waals surface area contributed by atoms with Gasteiger partial charge in [-0.1, -0.05) is 105 Å². The minimum absolute atomic E-state index is 0.155. The van der Waals surface area contributed by atoms with E-state index in [1.54, 1.807) is 0 Å². The van der Waals surface area contributed by atoms with Crippen LogP contribution in [-0.2, 0) is 12.0 Å². The van der Waals surface area contributed by atoms with Gasteiger partial charge in [0.25, 0.3) is 0 Å². The third-order valence-electron chi connectivity index (χ3n) is 8.48. The fourth-order valence-electron chi connectivity index (χ4n) is 6.08. The summed E-state index contributed by atoms with van der Waals surface area (Å²) in [4.78, 5) is 4.63. The maximum Gasteiger partial charge on any atom is 0.147 e. The van der Waals surface area contributed by atoms with Gasteiger partial charge in [-0.2, -0.15) is 0 Å². The first-order chi connectivity index (χ1) is 19.5. The molecule has 0 bridgehead atoms. The highest BCUT2D eigenvalue weighted by molar-refractivity contribution is 5.68. The Kier molecular flexibility index (Phi) is 9.27. The topological polar surface area (TPSA) is 6.48 Å². The molecule has 1 heterocycles. The zero-order chi connectivity index (χ0) is 29.8. The van der Waals surface area contributed by atoms with Crippen LogP contribution in [0, 0.1) is 0 Å². The molecular formula is C38H47FN2. The van der Waals surface area contributed by atoms with Gasteiger partial charge in [-0.3, -0.25) is 0 Å². The number of hydrogen-bond acceptors (Lipinski definition) is 2. The summed E-state index contributed by atoms with van der Waals surface area (Å²) in [6.45, 7) is 23.7. The standard InChI is InChI=1S/C38H47FN2/c1-9-26-41(38(7,8)32-18-11-10-12-19-32)29(3)34-21-15-16-22-35(34)36(39)31-24-23-30-17-13-14-20-33(30)28(2)40(27-25-31)37(4,5)6/h10-22,25,36H,2-3,9,23-24,26-27H2,1,4-8H3/b31-25+. The monoisotopic (exact) mass is 550 g/mol. The molecular weight excluding hydrogens is 503 g/mol. The van der Waals surface area contributed by atoms with E-state index in [1.165, 1.54) is 11.1 Å². The summed E-state index contributed by atoms with van der Waals surface area (Å²) in [7, 11) is 0. The molecule has 1 unspecified atom stereocenters. The van der Waals surface area contributed by atoms with E-state index < -0.39 is 6.17 Å². The maximum absolute atomic E-state index is 16.9. The van der Waals surface area contributed by atoms with Gasteiger partial charge in [0.2, 0.25) is 0 Å². The second kappa shape index (κ2) is 12.5. The van der Waals surface area contributed by atoms with E-state index >= 15 is 4.39 Å². The average Bonchev–Trinajstić information content (AvgIpc) is 3.03. The summed E-state index contributed by atoms with van der Waals surface area (Å²) < 4.78 is 16.9. The van der Waals surface area contributed by atoms with Crippen molar-refractivity contribution in [3.8, 4) is 0 Å². The van der Waals surface area contributed by atoms with Gasteiger partial charge in [0.15, 0.2) is 0 Å². The van der Waals surface area contributed by atoms with Gasteiger partial charge in [0.1, 0.15) is 6.17 Å². The largest absolute Gasteiger partial charge is 0.363 e. The molecule has 0 aromatic heterocycles. The van der Waals surface area contributed by atoms with Gasteiger partial charge in [0.05, 0.1) is 5.54 Å². The van der Waals surface area contributed by atoms with Crippen molar-refractivity contribution in [1.29, 1.82) is 0 Å². The summed E-state index contributed by atoms with van der Waals surface area (Å²) in [5, 5.41) is 0. The first kappa shape index (κ1) is 30.4. The molecule has 0 fully saturated rings. The third-order valence-corrected chi connectivity index (χ3v) is 8.48. The first-order valence-electron chi connectivity index (χ1n) is 15.0. The van der Waals surface area contributed by atoms with Crippen molar-refractivity contribution >= 4 is 11.4 Å². The number of alkyl halides is 1. The van der Waals surface area contributed by atoms with Crippen molar-refractivity contribution in [2.24, 2.45) is 0 Å². The van der Waals surface area contributed by atoms with Crippen LogP contribution in [0.5, 0.6) is 0 Å².